The van der Waals surface area contributed by atoms with Gasteiger partial charge in [0.1, 0.15) is 17.1 Å². The molecule has 0 unspecified atom stereocenters. The van der Waals surface area contributed by atoms with Crippen LogP contribution in [-0.2, 0) is 13.5 Å². The van der Waals surface area contributed by atoms with E-state index >= 15 is 0 Å². The summed E-state index contributed by atoms with van der Waals surface area (Å²) in [5, 5.41) is 25.9. The van der Waals surface area contributed by atoms with Crippen molar-refractivity contribution in [1.29, 1.82) is 0 Å². The van der Waals surface area contributed by atoms with E-state index in [1.807, 2.05) is 19.3 Å². The van der Waals surface area contributed by atoms with Crippen LogP contribution in [0.25, 0.3) is 0 Å². The molecule has 6 nitrogen and oxygen atoms in total. The number of carbonyl (C=O) groups excluding carboxylic acids is 1. The molecule has 1 amide bonds. The third kappa shape index (κ3) is 3.04. The van der Waals surface area contributed by atoms with Gasteiger partial charge in [-0.2, -0.15) is 5.10 Å². The average molecular weight is 261 g/mol. The highest BCUT2D eigenvalue weighted by molar-refractivity contribution is 5.99. The number of aromatic hydroxyl groups is 2. The fraction of sp³-hybridized carbons (Fsp3) is 0.231. The number of rotatable bonds is 4. The van der Waals surface area contributed by atoms with Crippen molar-refractivity contribution >= 4 is 5.91 Å². The molecule has 1 aromatic carbocycles. The molecule has 2 rings (SSSR count). The molecule has 0 aliphatic rings. The van der Waals surface area contributed by atoms with E-state index < -0.39 is 5.91 Å². The first kappa shape index (κ1) is 12.9. The number of carbonyl (C=O) groups is 1. The maximum Gasteiger partial charge on any atom is 0.258 e. The molecule has 1 aromatic heterocycles. The number of hydrogen-bond acceptors (Lipinski definition) is 4. The van der Waals surface area contributed by atoms with Gasteiger partial charge in [-0.1, -0.05) is 6.07 Å². The van der Waals surface area contributed by atoms with Crippen LogP contribution >= 0.6 is 0 Å². The monoisotopic (exact) mass is 261 g/mol. The van der Waals surface area contributed by atoms with Gasteiger partial charge in [-0.05, 0) is 18.2 Å². The highest BCUT2D eigenvalue weighted by atomic mass is 16.3. The van der Waals surface area contributed by atoms with Gasteiger partial charge < -0.3 is 15.5 Å². The van der Waals surface area contributed by atoms with Crippen LogP contribution in [0.4, 0.5) is 0 Å². The SMILES string of the molecule is Cn1ccc(CCNC(=O)c2c(O)cccc2O)n1. The van der Waals surface area contributed by atoms with Crippen molar-refractivity contribution in [3.05, 3.63) is 41.7 Å². The number of aryl methyl sites for hydroxylation is 1. The molecule has 19 heavy (non-hydrogen) atoms. The summed E-state index contributed by atoms with van der Waals surface area (Å²) in [5.74, 6) is -0.989. The van der Waals surface area contributed by atoms with E-state index in [0.29, 0.717) is 13.0 Å². The second-order valence-electron chi connectivity index (χ2n) is 4.16. The van der Waals surface area contributed by atoms with Gasteiger partial charge in [0.15, 0.2) is 0 Å². The minimum absolute atomic E-state index is 0.108. The van der Waals surface area contributed by atoms with Crippen molar-refractivity contribution < 1.29 is 15.0 Å². The Morgan fingerprint density at radius 1 is 1.32 bits per heavy atom. The van der Waals surface area contributed by atoms with Crippen LogP contribution in [0, 0.1) is 0 Å². The first-order valence-electron chi connectivity index (χ1n) is 5.85. The van der Waals surface area contributed by atoms with Gasteiger partial charge in [-0.15, -0.1) is 0 Å². The minimum Gasteiger partial charge on any atom is -0.507 e. The van der Waals surface area contributed by atoms with Gasteiger partial charge in [0.2, 0.25) is 0 Å². The molecule has 0 saturated carbocycles. The topological polar surface area (TPSA) is 87.4 Å². The molecule has 0 aliphatic carbocycles. The molecule has 3 N–H and O–H groups in total. The normalized spacial score (nSPS) is 10.4. The molecule has 2 aromatic rings. The summed E-state index contributed by atoms with van der Waals surface area (Å²) in [5.41, 5.74) is 0.757. The fourth-order valence-corrected chi connectivity index (χ4v) is 1.75. The minimum atomic E-state index is -0.508. The van der Waals surface area contributed by atoms with Crippen molar-refractivity contribution in [3.8, 4) is 11.5 Å². The molecule has 0 spiro atoms. The van der Waals surface area contributed by atoms with Crippen LogP contribution in [0.15, 0.2) is 30.5 Å². The lowest BCUT2D eigenvalue weighted by molar-refractivity contribution is 0.0948. The number of phenolic OH excluding ortho intramolecular Hbond substituents is 2. The smallest absolute Gasteiger partial charge is 0.258 e. The number of nitrogens with one attached hydrogen (secondary N) is 1. The summed E-state index contributed by atoms with van der Waals surface area (Å²) < 4.78 is 1.69. The summed E-state index contributed by atoms with van der Waals surface area (Å²) >= 11 is 0. The summed E-state index contributed by atoms with van der Waals surface area (Å²) in [6.07, 6.45) is 2.41. The molecule has 0 atom stereocenters. The van der Waals surface area contributed by atoms with E-state index in [4.69, 9.17) is 0 Å². The molecule has 0 bridgehead atoms. The van der Waals surface area contributed by atoms with Crippen molar-refractivity contribution in [3.63, 3.8) is 0 Å². The predicted octanol–water partition coefficient (Wildman–Crippen LogP) is 0.804. The second-order valence-corrected chi connectivity index (χ2v) is 4.16. The quantitative estimate of drug-likeness (QED) is 0.759. The Bertz CT molecular complexity index is 572. The van der Waals surface area contributed by atoms with E-state index in [1.165, 1.54) is 18.2 Å². The number of amides is 1. The Kier molecular flexibility index (Phi) is 3.70. The molecular formula is C13H15N3O3. The molecule has 0 aliphatic heterocycles. The number of hydrogen-bond donors (Lipinski definition) is 3. The summed E-state index contributed by atoms with van der Waals surface area (Å²) in [6, 6.07) is 6.04. The Balaban J connectivity index is 1.94. The van der Waals surface area contributed by atoms with E-state index in [9.17, 15) is 15.0 Å². The van der Waals surface area contributed by atoms with Crippen LogP contribution in [0.1, 0.15) is 16.1 Å². The number of benzene rings is 1. The summed E-state index contributed by atoms with van der Waals surface area (Å²) in [7, 11) is 1.82. The average Bonchev–Trinajstić information content (AvgIpc) is 2.75. The lowest BCUT2D eigenvalue weighted by Crippen LogP contribution is -2.26. The Morgan fingerprint density at radius 3 is 2.58 bits per heavy atom. The largest absolute Gasteiger partial charge is 0.507 e. The third-order valence-corrected chi connectivity index (χ3v) is 2.68. The van der Waals surface area contributed by atoms with E-state index in [1.54, 1.807) is 4.68 Å². The van der Waals surface area contributed by atoms with Gasteiger partial charge in [0, 0.05) is 26.2 Å². The van der Waals surface area contributed by atoms with Crippen LogP contribution in [0.3, 0.4) is 0 Å². The number of aromatic nitrogens is 2. The van der Waals surface area contributed by atoms with Gasteiger partial charge >= 0.3 is 0 Å². The van der Waals surface area contributed by atoms with Crippen molar-refractivity contribution in [2.24, 2.45) is 7.05 Å². The standard InChI is InChI=1S/C13H15N3O3/c1-16-8-6-9(15-16)5-7-14-13(19)12-10(17)3-2-4-11(12)18/h2-4,6,8,17-18H,5,7H2,1H3,(H,14,19). The third-order valence-electron chi connectivity index (χ3n) is 2.68. The van der Waals surface area contributed by atoms with Crippen LogP contribution in [0.5, 0.6) is 11.5 Å². The molecule has 0 radical (unpaired) electrons. The molecule has 0 saturated heterocycles. The maximum absolute atomic E-state index is 11.8. The molecule has 0 fully saturated rings. The van der Waals surface area contributed by atoms with E-state index in [0.717, 1.165) is 5.69 Å². The lowest BCUT2D eigenvalue weighted by atomic mass is 10.1. The number of phenols is 2. The van der Waals surface area contributed by atoms with Gasteiger partial charge in [0.05, 0.1) is 5.69 Å². The molecule has 6 heteroatoms. The van der Waals surface area contributed by atoms with Gasteiger partial charge in [0.25, 0.3) is 5.91 Å². The van der Waals surface area contributed by atoms with Crippen LogP contribution in [-0.4, -0.2) is 32.4 Å². The Labute approximate surface area is 110 Å². The van der Waals surface area contributed by atoms with E-state index in [2.05, 4.69) is 10.4 Å². The second kappa shape index (κ2) is 5.43. The number of nitrogens with zero attached hydrogens (tertiary/aromatic N) is 2. The van der Waals surface area contributed by atoms with Crippen molar-refractivity contribution in [2.45, 2.75) is 6.42 Å². The van der Waals surface area contributed by atoms with Gasteiger partial charge in [-0.25, -0.2) is 0 Å². The lowest BCUT2D eigenvalue weighted by Gasteiger charge is -2.07. The Morgan fingerprint density at radius 2 is 2.00 bits per heavy atom. The van der Waals surface area contributed by atoms with E-state index in [-0.39, 0.29) is 17.1 Å². The Hall–Kier alpha value is -2.50. The maximum atomic E-state index is 11.8. The first-order valence-corrected chi connectivity index (χ1v) is 5.85. The zero-order valence-corrected chi connectivity index (χ0v) is 10.5. The summed E-state index contributed by atoms with van der Waals surface area (Å²) in [6.45, 7) is 0.379. The van der Waals surface area contributed by atoms with Crippen molar-refractivity contribution in [1.82, 2.24) is 15.1 Å². The molecule has 1 heterocycles. The molecular weight excluding hydrogens is 246 g/mol. The highest BCUT2D eigenvalue weighted by Crippen LogP contribution is 2.25. The summed E-state index contributed by atoms with van der Waals surface area (Å²) in [4.78, 5) is 11.8. The zero-order chi connectivity index (χ0) is 13.8. The predicted molar refractivity (Wildman–Crippen MR) is 69.0 cm³/mol. The van der Waals surface area contributed by atoms with Crippen molar-refractivity contribution in [2.75, 3.05) is 6.54 Å². The first-order chi connectivity index (χ1) is 9.08. The van der Waals surface area contributed by atoms with Crippen LogP contribution < -0.4 is 5.32 Å². The fourth-order valence-electron chi connectivity index (χ4n) is 1.75. The molecule has 100 valence electrons. The van der Waals surface area contributed by atoms with Gasteiger partial charge in [-0.3, -0.25) is 9.48 Å². The zero-order valence-electron chi connectivity index (χ0n) is 10.5. The van der Waals surface area contributed by atoms with Crippen LogP contribution in [0.2, 0.25) is 0 Å². The highest BCUT2D eigenvalue weighted by Gasteiger charge is 2.15.